The number of thiazole rings is 1. The van der Waals surface area contributed by atoms with Gasteiger partial charge in [-0.15, -0.1) is 11.3 Å². The number of aromatic nitrogens is 2. The Morgan fingerprint density at radius 3 is 2.90 bits per heavy atom. The molecule has 0 radical (unpaired) electrons. The van der Waals surface area contributed by atoms with Gasteiger partial charge >= 0.3 is 0 Å². The zero-order chi connectivity index (χ0) is 14.2. The van der Waals surface area contributed by atoms with Gasteiger partial charge in [0.2, 0.25) is 0 Å². The molecule has 0 aliphatic rings. The summed E-state index contributed by atoms with van der Waals surface area (Å²) in [4.78, 5) is 7.89. The minimum atomic E-state index is -3.75. The molecule has 0 fully saturated rings. The van der Waals surface area contributed by atoms with Crippen molar-refractivity contribution in [2.45, 2.75) is 4.90 Å². The fraction of sp³-hybridized carbons (Fsp3) is 0. The van der Waals surface area contributed by atoms with E-state index in [9.17, 15) is 8.42 Å². The molecule has 2 aromatic heterocycles. The maximum atomic E-state index is 12.3. The van der Waals surface area contributed by atoms with Gasteiger partial charge in [0.15, 0.2) is 0 Å². The number of nitrogens with two attached hydrogens (primary N) is 1. The van der Waals surface area contributed by atoms with Crippen LogP contribution in [0.1, 0.15) is 0 Å². The molecule has 2 heterocycles. The van der Waals surface area contributed by atoms with Crippen molar-refractivity contribution < 1.29 is 8.42 Å². The number of nitrogens with zero attached hydrogens (tertiary/aromatic N) is 2. The van der Waals surface area contributed by atoms with Crippen molar-refractivity contribution in [2.24, 2.45) is 0 Å². The van der Waals surface area contributed by atoms with Gasteiger partial charge in [0, 0.05) is 12.4 Å². The fourth-order valence-corrected chi connectivity index (χ4v) is 3.59. The number of pyridine rings is 1. The Morgan fingerprint density at radius 1 is 1.25 bits per heavy atom. The summed E-state index contributed by atoms with van der Waals surface area (Å²) in [6, 6.07) is 6.60. The van der Waals surface area contributed by atoms with Crippen molar-refractivity contribution in [3.05, 3.63) is 42.2 Å². The number of nitrogen functional groups attached to an aromatic ring is 1. The average Bonchev–Trinajstić information content (AvgIpc) is 2.86. The maximum absolute atomic E-state index is 12.3. The van der Waals surface area contributed by atoms with Crippen molar-refractivity contribution >= 4 is 43.0 Å². The molecule has 20 heavy (non-hydrogen) atoms. The van der Waals surface area contributed by atoms with Crippen LogP contribution in [0.3, 0.4) is 0 Å². The number of anilines is 2. The molecule has 1 aromatic carbocycles. The van der Waals surface area contributed by atoms with Gasteiger partial charge in [-0.3, -0.25) is 9.71 Å². The van der Waals surface area contributed by atoms with Crippen LogP contribution in [-0.2, 0) is 10.0 Å². The van der Waals surface area contributed by atoms with Gasteiger partial charge in [-0.05, 0) is 24.3 Å². The van der Waals surface area contributed by atoms with Gasteiger partial charge in [-0.25, -0.2) is 13.4 Å². The van der Waals surface area contributed by atoms with Crippen LogP contribution in [0.2, 0.25) is 0 Å². The van der Waals surface area contributed by atoms with Crippen molar-refractivity contribution in [3.63, 3.8) is 0 Å². The lowest BCUT2D eigenvalue weighted by molar-refractivity contribution is 0.601. The molecule has 8 heteroatoms. The number of hydrogen-bond acceptors (Lipinski definition) is 6. The SMILES string of the molecule is Nc1ccncc1S(=O)(=O)Nc1ccc2ncsc2c1. The highest BCUT2D eigenvalue weighted by Gasteiger charge is 2.17. The van der Waals surface area contributed by atoms with Gasteiger partial charge in [-0.2, -0.15) is 0 Å². The molecule has 3 rings (SSSR count). The number of hydrogen-bond donors (Lipinski definition) is 2. The van der Waals surface area contributed by atoms with Crippen LogP contribution in [-0.4, -0.2) is 18.4 Å². The summed E-state index contributed by atoms with van der Waals surface area (Å²) in [5, 5.41) is 0. The average molecular weight is 306 g/mol. The Kier molecular flexibility index (Phi) is 3.03. The van der Waals surface area contributed by atoms with Crippen LogP contribution in [0.25, 0.3) is 10.2 Å². The van der Waals surface area contributed by atoms with Gasteiger partial charge in [0.1, 0.15) is 4.90 Å². The Bertz CT molecular complexity index is 874. The first-order valence-corrected chi connectivity index (χ1v) is 7.98. The molecule has 6 nitrogen and oxygen atoms in total. The molecule has 102 valence electrons. The first-order chi connectivity index (χ1) is 9.56. The van der Waals surface area contributed by atoms with Crippen LogP contribution >= 0.6 is 11.3 Å². The van der Waals surface area contributed by atoms with Crippen molar-refractivity contribution in [3.8, 4) is 0 Å². The van der Waals surface area contributed by atoms with Crippen LogP contribution in [0.4, 0.5) is 11.4 Å². The van der Waals surface area contributed by atoms with E-state index in [0.29, 0.717) is 5.69 Å². The summed E-state index contributed by atoms with van der Waals surface area (Å²) in [6.45, 7) is 0. The zero-order valence-corrected chi connectivity index (χ0v) is 11.8. The molecule has 0 amide bonds. The summed E-state index contributed by atoms with van der Waals surface area (Å²) in [5.74, 6) is 0. The van der Waals surface area contributed by atoms with Crippen molar-refractivity contribution in [1.82, 2.24) is 9.97 Å². The molecule has 0 atom stereocenters. The molecule has 0 spiro atoms. The standard InChI is InChI=1S/C12H10N4O2S2/c13-9-3-4-14-6-12(9)20(17,18)16-8-1-2-10-11(5-8)19-7-15-10/h1-7,16H,(H2,13,14). The largest absolute Gasteiger partial charge is 0.398 e. The van der Waals surface area contributed by atoms with E-state index in [0.717, 1.165) is 10.2 Å². The second-order valence-electron chi connectivity index (χ2n) is 4.05. The third-order valence-electron chi connectivity index (χ3n) is 2.69. The summed E-state index contributed by atoms with van der Waals surface area (Å²) < 4.78 is 27.9. The molecule has 0 saturated heterocycles. The van der Waals surface area contributed by atoms with E-state index in [4.69, 9.17) is 5.73 Å². The Hall–Kier alpha value is -2.19. The number of benzene rings is 1. The third kappa shape index (κ3) is 2.30. The summed E-state index contributed by atoms with van der Waals surface area (Å²) in [7, 11) is -3.75. The molecule has 3 N–H and O–H groups in total. The lowest BCUT2D eigenvalue weighted by atomic mass is 10.3. The summed E-state index contributed by atoms with van der Waals surface area (Å²) in [6.07, 6.45) is 2.67. The van der Waals surface area contributed by atoms with Gasteiger partial charge in [-0.1, -0.05) is 0 Å². The predicted molar refractivity (Wildman–Crippen MR) is 79.1 cm³/mol. The second kappa shape index (κ2) is 4.73. The van der Waals surface area contributed by atoms with Crippen LogP contribution < -0.4 is 10.5 Å². The van der Waals surface area contributed by atoms with Gasteiger partial charge < -0.3 is 5.73 Å². The van der Waals surface area contributed by atoms with Crippen LogP contribution in [0, 0.1) is 0 Å². The molecule has 0 unspecified atom stereocenters. The summed E-state index contributed by atoms with van der Waals surface area (Å²) >= 11 is 1.44. The third-order valence-corrected chi connectivity index (χ3v) is 4.91. The topological polar surface area (TPSA) is 98.0 Å². The van der Waals surface area contributed by atoms with E-state index < -0.39 is 10.0 Å². The number of sulfonamides is 1. The minimum absolute atomic E-state index is 0.0376. The lowest BCUT2D eigenvalue weighted by Gasteiger charge is -2.09. The maximum Gasteiger partial charge on any atom is 0.265 e. The monoisotopic (exact) mass is 306 g/mol. The van der Waals surface area contributed by atoms with E-state index in [2.05, 4.69) is 14.7 Å². The Labute approximate surface area is 119 Å². The highest BCUT2D eigenvalue weighted by molar-refractivity contribution is 7.92. The minimum Gasteiger partial charge on any atom is -0.398 e. The molecule has 0 aliphatic heterocycles. The zero-order valence-electron chi connectivity index (χ0n) is 10.1. The first kappa shape index (κ1) is 12.8. The van der Waals surface area contributed by atoms with E-state index in [-0.39, 0.29) is 10.6 Å². The predicted octanol–water partition coefficient (Wildman–Crippen LogP) is 2.07. The molecular formula is C12H10N4O2S2. The molecule has 3 aromatic rings. The van der Waals surface area contributed by atoms with Gasteiger partial charge in [0.05, 0.1) is 27.1 Å². The first-order valence-electron chi connectivity index (χ1n) is 5.62. The fourth-order valence-electron chi connectivity index (χ4n) is 1.74. The van der Waals surface area contributed by atoms with E-state index in [1.54, 1.807) is 23.7 Å². The van der Waals surface area contributed by atoms with Crippen molar-refractivity contribution in [2.75, 3.05) is 10.5 Å². The smallest absolute Gasteiger partial charge is 0.265 e. The van der Waals surface area contributed by atoms with Crippen LogP contribution in [0.5, 0.6) is 0 Å². The Morgan fingerprint density at radius 2 is 2.10 bits per heavy atom. The quantitative estimate of drug-likeness (QED) is 0.772. The molecule has 0 saturated carbocycles. The highest BCUT2D eigenvalue weighted by Crippen LogP contribution is 2.25. The van der Waals surface area contributed by atoms with E-state index in [1.165, 1.54) is 29.8 Å². The number of fused-ring (bicyclic) bond motifs is 1. The van der Waals surface area contributed by atoms with Gasteiger partial charge in [0.25, 0.3) is 10.0 Å². The van der Waals surface area contributed by atoms with E-state index in [1.807, 2.05) is 0 Å². The summed E-state index contributed by atoms with van der Waals surface area (Å²) in [5.41, 5.74) is 8.83. The second-order valence-corrected chi connectivity index (χ2v) is 6.59. The normalized spacial score (nSPS) is 11.6. The van der Waals surface area contributed by atoms with Crippen LogP contribution in [0.15, 0.2) is 47.1 Å². The lowest BCUT2D eigenvalue weighted by Crippen LogP contribution is -2.15. The highest BCUT2D eigenvalue weighted by atomic mass is 32.2. The van der Waals surface area contributed by atoms with Crippen molar-refractivity contribution in [1.29, 1.82) is 0 Å². The molecular weight excluding hydrogens is 296 g/mol. The number of rotatable bonds is 3. The molecule has 0 aliphatic carbocycles. The Balaban J connectivity index is 1.99. The molecule has 0 bridgehead atoms. The van der Waals surface area contributed by atoms with E-state index >= 15 is 0 Å². The number of nitrogens with one attached hydrogen (secondary N) is 1.